The van der Waals surface area contributed by atoms with Crippen molar-refractivity contribution < 1.29 is 14.9 Å². The van der Waals surface area contributed by atoms with Crippen LogP contribution < -0.4 is 15.0 Å². The zero-order chi connectivity index (χ0) is 22.9. The predicted molar refractivity (Wildman–Crippen MR) is 128 cm³/mol. The third-order valence-electron chi connectivity index (χ3n) is 6.41. The lowest BCUT2D eigenvalue weighted by atomic mass is 9.95. The summed E-state index contributed by atoms with van der Waals surface area (Å²) in [6.45, 7) is 3.86. The number of fused-ring (bicyclic) bond motifs is 2. The van der Waals surface area contributed by atoms with Gasteiger partial charge in [-0.15, -0.1) is 0 Å². The first-order valence-corrected chi connectivity index (χ1v) is 11.1. The number of nitrogens with zero attached hydrogens (tertiary/aromatic N) is 4. The van der Waals surface area contributed by atoms with Crippen LogP contribution in [0.3, 0.4) is 0 Å². The van der Waals surface area contributed by atoms with Gasteiger partial charge in [0.1, 0.15) is 22.9 Å². The molecule has 0 bridgehead atoms. The molecule has 1 saturated heterocycles. The van der Waals surface area contributed by atoms with Crippen molar-refractivity contribution >= 4 is 33.7 Å². The lowest BCUT2D eigenvalue weighted by Crippen LogP contribution is -2.45. The highest BCUT2D eigenvalue weighted by Crippen LogP contribution is 2.30. The minimum atomic E-state index is -0.476. The number of rotatable bonds is 6. The molecule has 0 saturated carbocycles. The van der Waals surface area contributed by atoms with Crippen LogP contribution in [0, 0.1) is 12.8 Å². The summed E-state index contributed by atoms with van der Waals surface area (Å²) in [5.74, 6) is 2.07. The summed E-state index contributed by atoms with van der Waals surface area (Å²) in [7, 11) is 1.67. The lowest BCUT2D eigenvalue weighted by Gasteiger charge is -2.36. The second-order valence-corrected chi connectivity index (χ2v) is 8.51. The zero-order valence-corrected chi connectivity index (χ0v) is 18.7. The van der Waals surface area contributed by atoms with Gasteiger partial charge in [-0.05, 0) is 42.7 Å². The highest BCUT2D eigenvalue weighted by atomic mass is 16.5. The molecule has 33 heavy (non-hydrogen) atoms. The number of ether oxygens (including phenoxy) is 1. The van der Waals surface area contributed by atoms with E-state index in [1.54, 1.807) is 13.3 Å². The zero-order valence-electron chi connectivity index (χ0n) is 18.7. The second-order valence-electron chi connectivity index (χ2n) is 8.51. The normalized spacial score (nSPS) is 18.7. The topological polar surface area (TPSA) is 119 Å². The summed E-state index contributed by atoms with van der Waals surface area (Å²) in [5.41, 5.74) is 4.55. The summed E-state index contributed by atoms with van der Waals surface area (Å²) in [6, 6.07) is 7.84. The monoisotopic (exact) mass is 448 g/mol. The minimum Gasteiger partial charge on any atom is -0.495 e. The Bertz CT molecular complexity index is 1290. The minimum absolute atomic E-state index is 0.0433. The Balaban J connectivity index is 1.38. The molecule has 4 N–H and O–H groups in total. The fourth-order valence-corrected chi connectivity index (χ4v) is 4.53. The third-order valence-corrected chi connectivity index (χ3v) is 6.41. The lowest BCUT2D eigenvalue weighted by molar-refractivity contribution is 0.0524. The van der Waals surface area contributed by atoms with Crippen LogP contribution in [0.15, 0.2) is 36.7 Å². The van der Waals surface area contributed by atoms with Crippen LogP contribution in [-0.2, 0) is 6.54 Å². The Morgan fingerprint density at radius 3 is 2.94 bits per heavy atom. The van der Waals surface area contributed by atoms with Crippen molar-refractivity contribution in [2.24, 2.45) is 5.92 Å². The molecule has 0 aliphatic carbocycles. The second kappa shape index (κ2) is 8.84. The van der Waals surface area contributed by atoms with Gasteiger partial charge in [0.05, 0.1) is 31.5 Å². The van der Waals surface area contributed by atoms with Gasteiger partial charge in [0.25, 0.3) is 0 Å². The number of aryl methyl sites for hydroxylation is 1. The average molecular weight is 449 g/mol. The molecule has 4 aromatic rings. The van der Waals surface area contributed by atoms with Crippen LogP contribution in [0.2, 0.25) is 0 Å². The smallest absolute Gasteiger partial charge is 0.182 e. The van der Waals surface area contributed by atoms with E-state index in [2.05, 4.69) is 38.2 Å². The molecule has 4 heterocycles. The molecule has 9 heteroatoms. The average Bonchev–Trinajstić information content (AvgIpc) is 3.24. The molecule has 2 unspecified atom stereocenters. The van der Waals surface area contributed by atoms with Crippen LogP contribution in [0.25, 0.3) is 22.1 Å². The Hall–Kier alpha value is -3.43. The van der Waals surface area contributed by atoms with Crippen molar-refractivity contribution in [1.29, 1.82) is 0 Å². The van der Waals surface area contributed by atoms with Crippen molar-refractivity contribution in [3.8, 4) is 5.75 Å². The van der Waals surface area contributed by atoms with Crippen LogP contribution in [-0.4, -0.2) is 63.1 Å². The number of H-pyrrole nitrogens is 1. The van der Waals surface area contributed by atoms with Gasteiger partial charge < -0.3 is 30.2 Å². The standard InChI is InChI=1S/C24H28N6O3/c1-14-9-27-23-19(33-2)5-3-15(22(14)23)10-26-20-11-25-17-4-6-21(29-24(17)28-20)30-8-7-18(32)16(12-30)13-31/h3-6,9,11,16,18,27,31-32H,7-8,10,12-13H2,1-2H3,(H,26,28,29). The van der Waals surface area contributed by atoms with E-state index < -0.39 is 6.10 Å². The van der Waals surface area contributed by atoms with Gasteiger partial charge in [0, 0.05) is 37.1 Å². The molecular formula is C24H28N6O3. The number of methoxy groups -OCH3 is 1. The Morgan fingerprint density at radius 1 is 1.24 bits per heavy atom. The number of pyridine rings is 1. The van der Waals surface area contributed by atoms with Gasteiger partial charge >= 0.3 is 0 Å². The first kappa shape index (κ1) is 21.4. The molecule has 9 nitrogen and oxygen atoms in total. The van der Waals surface area contributed by atoms with E-state index in [1.807, 2.05) is 24.4 Å². The molecule has 1 aliphatic rings. The molecule has 5 rings (SSSR count). The van der Waals surface area contributed by atoms with E-state index in [4.69, 9.17) is 9.72 Å². The van der Waals surface area contributed by atoms with Crippen LogP contribution in [0.5, 0.6) is 5.75 Å². The van der Waals surface area contributed by atoms with Crippen LogP contribution in [0.1, 0.15) is 17.5 Å². The van der Waals surface area contributed by atoms with E-state index in [9.17, 15) is 10.2 Å². The summed E-state index contributed by atoms with van der Waals surface area (Å²) in [5, 5.41) is 24.1. The number of aromatic amines is 1. The number of aromatic nitrogens is 4. The van der Waals surface area contributed by atoms with E-state index in [0.29, 0.717) is 43.0 Å². The molecule has 1 aromatic carbocycles. The maximum Gasteiger partial charge on any atom is 0.182 e. The molecule has 3 aromatic heterocycles. The quantitative estimate of drug-likeness (QED) is 0.355. The molecule has 1 aliphatic heterocycles. The summed E-state index contributed by atoms with van der Waals surface area (Å²) < 4.78 is 5.47. The highest BCUT2D eigenvalue weighted by molar-refractivity contribution is 5.91. The number of nitrogens with one attached hydrogen (secondary N) is 2. The number of anilines is 2. The predicted octanol–water partition coefficient (Wildman–Crippen LogP) is 2.61. The number of piperidine rings is 1. The third kappa shape index (κ3) is 4.05. The van der Waals surface area contributed by atoms with E-state index in [1.165, 1.54) is 0 Å². The van der Waals surface area contributed by atoms with Gasteiger partial charge in [-0.1, -0.05) is 6.07 Å². The number of aliphatic hydroxyl groups is 2. The SMILES string of the molecule is COc1ccc(CNc2cnc3ccc(N4CCC(O)C(CO)C4)nc3n2)c2c(C)c[nH]c12. The molecule has 1 fully saturated rings. The molecule has 0 radical (unpaired) electrons. The number of hydrogen-bond donors (Lipinski definition) is 4. The Morgan fingerprint density at radius 2 is 2.12 bits per heavy atom. The highest BCUT2D eigenvalue weighted by Gasteiger charge is 2.28. The summed E-state index contributed by atoms with van der Waals surface area (Å²) in [4.78, 5) is 19.3. The van der Waals surface area contributed by atoms with Gasteiger partial charge in [0.15, 0.2) is 5.65 Å². The van der Waals surface area contributed by atoms with Crippen LogP contribution >= 0.6 is 0 Å². The Labute approximate surface area is 191 Å². The van der Waals surface area contributed by atoms with E-state index in [-0.39, 0.29) is 12.5 Å². The first-order valence-electron chi connectivity index (χ1n) is 11.1. The van der Waals surface area contributed by atoms with Crippen molar-refractivity contribution in [3.63, 3.8) is 0 Å². The van der Waals surface area contributed by atoms with Gasteiger partial charge in [-0.25, -0.2) is 15.0 Å². The van der Waals surface area contributed by atoms with Crippen molar-refractivity contribution in [2.75, 3.05) is 37.0 Å². The number of benzene rings is 1. The fourth-order valence-electron chi connectivity index (χ4n) is 4.53. The van der Waals surface area contributed by atoms with Gasteiger partial charge in [-0.3, -0.25) is 0 Å². The van der Waals surface area contributed by atoms with E-state index >= 15 is 0 Å². The largest absolute Gasteiger partial charge is 0.495 e. The molecule has 0 spiro atoms. The number of aliphatic hydroxyl groups excluding tert-OH is 2. The van der Waals surface area contributed by atoms with Gasteiger partial charge in [0.2, 0.25) is 0 Å². The molecule has 0 amide bonds. The molecule has 172 valence electrons. The van der Waals surface area contributed by atoms with Gasteiger partial charge in [-0.2, -0.15) is 0 Å². The summed E-state index contributed by atoms with van der Waals surface area (Å²) in [6.07, 6.45) is 3.83. The van der Waals surface area contributed by atoms with Crippen molar-refractivity contribution in [2.45, 2.75) is 26.0 Å². The first-order chi connectivity index (χ1) is 16.1. The van der Waals surface area contributed by atoms with Crippen LogP contribution in [0.4, 0.5) is 11.6 Å². The van der Waals surface area contributed by atoms with Crippen molar-refractivity contribution in [1.82, 2.24) is 19.9 Å². The number of hydrogen-bond acceptors (Lipinski definition) is 8. The summed E-state index contributed by atoms with van der Waals surface area (Å²) >= 11 is 0. The maximum atomic E-state index is 10.0. The molecule has 2 atom stereocenters. The van der Waals surface area contributed by atoms with E-state index in [0.717, 1.165) is 33.6 Å². The maximum absolute atomic E-state index is 10.0. The fraction of sp³-hybridized carbons (Fsp3) is 0.375. The molecular weight excluding hydrogens is 420 g/mol. The Kier molecular flexibility index (Phi) is 5.74. The van der Waals surface area contributed by atoms with Crippen molar-refractivity contribution in [3.05, 3.63) is 47.8 Å².